The van der Waals surface area contributed by atoms with Crippen molar-refractivity contribution in [2.75, 3.05) is 37.8 Å². The molecule has 3 aromatic rings. The Bertz CT molecular complexity index is 1010. The number of nitrogens with zero attached hydrogens (tertiary/aromatic N) is 4. The Morgan fingerprint density at radius 1 is 1.10 bits per heavy atom. The average molecular weight is 410 g/mol. The number of nitrogens with one attached hydrogen (secondary N) is 2. The van der Waals surface area contributed by atoms with Crippen LogP contribution < -0.4 is 10.6 Å². The molecule has 0 atom stereocenters. The van der Waals surface area contributed by atoms with Crippen molar-refractivity contribution in [3.8, 4) is 11.3 Å². The number of hydrogen-bond acceptors (Lipinski definition) is 7. The summed E-state index contributed by atoms with van der Waals surface area (Å²) in [4.78, 5) is 21.7. The Morgan fingerprint density at radius 3 is 2.57 bits per heavy atom. The van der Waals surface area contributed by atoms with Gasteiger partial charge in [0.05, 0.1) is 16.7 Å². The monoisotopic (exact) mass is 410 g/mol. The van der Waals surface area contributed by atoms with Gasteiger partial charge in [0.25, 0.3) is 5.69 Å². The molecule has 9 heteroatoms. The zero-order valence-corrected chi connectivity index (χ0v) is 16.8. The van der Waals surface area contributed by atoms with Gasteiger partial charge in [0.1, 0.15) is 17.3 Å². The second-order valence-corrected chi connectivity index (χ2v) is 6.96. The molecule has 156 valence electrons. The summed E-state index contributed by atoms with van der Waals surface area (Å²) in [7, 11) is 4.01. The largest absolute Gasteiger partial charge is 0.354 e. The number of aromatic nitrogens is 2. The minimum Gasteiger partial charge on any atom is -0.354 e. The van der Waals surface area contributed by atoms with Crippen LogP contribution in [0.15, 0.2) is 54.6 Å². The maximum Gasteiger partial charge on any atom is 0.295 e. The number of nitro benzene ring substituents is 1. The summed E-state index contributed by atoms with van der Waals surface area (Å²) in [6, 6.07) is 14.6. The van der Waals surface area contributed by atoms with Crippen LogP contribution in [0.25, 0.3) is 11.3 Å². The highest BCUT2D eigenvalue weighted by Gasteiger charge is 2.16. The van der Waals surface area contributed by atoms with E-state index in [1.54, 1.807) is 6.07 Å². The molecule has 8 nitrogen and oxygen atoms in total. The Balaban J connectivity index is 1.91. The van der Waals surface area contributed by atoms with E-state index in [4.69, 9.17) is 0 Å². The predicted molar refractivity (Wildman–Crippen MR) is 115 cm³/mol. The van der Waals surface area contributed by atoms with Crippen molar-refractivity contribution < 1.29 is 9.31 Å². The Kier molecular flexibility index (Phi) is 6.87. The molecule has 3 rings (SSSR count). The molecule has 0 bridgehead atoms. The molecule has 30 heavy (non-hydrogen) atoms. The zero-order valence-electron chi connectivity index (χ0n) is 16.8. The van der Waals surface area contributed by atoms with Crippen LogP contribution in [0, 0.1) is 15.9 Å². The molecule has 0 aliphatic carbocycles. The van der Waals surface area contributed by atoms with E-state index >= 15 is 0 Å². The van der Waals surface area contributed by atoms with E-state index in [-0.39, 0.29) is 11.4 Å². The molecular weight excluding hydrogens is 387 g/mol. The number of halogens is 1. The fourth-order valence-electron chi connectivity index (χ4n) is 2.84. The molecule has 0 aliphatic heterocycles. The normalized spacial score (nSPS) is 10.8. The van der Waals surface area contributed by atoms with Crippen LogP contribution in [0.4, 0.5) is 27.5 Å². The second kappa shape index (κ2) is 9.75. The van der Waals surface area contributed by atoms with Crippen LogP contribution in [-0.2, 0) is 0 Å². The van der Waals surface area contributed by atoms with Crippen LogP contribution >= 0.6 is 0 Å². The lowest BCUT2D eigenvalue weighted by atomic mass is 10.1. The van der Waals surface area contributed by atoms with Crippen molar-refractivity contribution >= 4 is 23.1 Å². The van der Waals surface area contributed by atoms with Gasteiger partial charge in [-0.05, 0) is 39.2 Å². The first-order valence-electron chi connectivity index (χ1n) is 9.46. The zero-order chi connectivity index (χ0) is 21.5. The highest BCUT2D eigenvalue weighted by Crippen LogP contribution is 2.29. The third kappa shape index (κ3) is 5.71. The molecule has 0 saturated carbocycles. The Labute approximate surface area is 173 Å². The molecule has 0 saturated heterocycles. The summed E-state index contributed by atoms with van der Waals surface area (Å²) in [5.41, 5.74) is 1.33. The van der Waals surface area contributed by atoms with Crippen LogP contribution in [0.1, 0.15) is 6.42 Å². The van der Waals surface area contributed by atoms with Gasteiger partial charge in [-0.1, -0.05) is 30.3 Å². The molecule has 0 fully saturated rings. The maximum atomic E-state index is 13.5. The van der Waals surface area contributed by atoms with E-state index in [9.17, 15) is 14.5 Å². The minimum absolute atomic E-state index is 0.151. The standard InChI is InChI=1S/C21H23FN6O2/c1-27(2)12-6-11-23-21-25-18(15-7-4-3-5-8-15)14-20(26-21)24-17-10-9-16(22)13-19(17)28(29)30/h3-5,7-10,13-14H,6,11-12H2,1-2H3,(H2,23,24,25,26). The van der Waals surface area contributed by atoms with Crippen molar-refractivity contribution in [3.05, 3.63) is 70.5 Å². The van der Waals surface area contributed by atoms with Crippen LogP contribution in [0.3, 0.4) is 0 Å². The molecule has 2 aromatic carbocycles. The summed E-state index contributed by atoms with van der Waals surface area (Å²) in [6.45, 7) is 1.59. The number of benzene rings is 2. The predicted octanol–water partition coefficient (Wildman–Crippen LogP) is 4.30. The molecule has 0 spiro atoms. The Hall–Kier alpha value is -3.59. The average Bonchev–Trinajstić information content (AvgIpc) is 2.73. The lowest BCUT2D eigenvalue weighted by molar-refractivity contribution is -0.384. The molecular formula is C21H23FN6O2. The lowest BCUT2D eigenvalue weighted by Crippen LogP contribution is -2.17. The van der Waals surface area contributed by atoms with Crippen LogP contribution in [0.5, 0.6) is 0 Å². The van der Waals surface area contributed by atoms with Gasteiger partial charge in [0, 0.05) is 18.2 Å². The summed E-state index contributed by atoms with van der Waals surface area (Å²) in [5, 5.41) is 17.4. The molecule has 1 heterocycles. The first kappa shape index (κ1) is 21.1. The van der Waals surface area contributed by atoms with E-state index in [0.29, 0.717) is 24.0 Å². The highest BCUT2D eigenvalue weighted by atomic mass is 19.1. The van der Waals surface area contributed by atoms with E-state index in [1.807, 2.05) is 44.4 Å². The fourth-order valence-corrected chi connectivity index (χ4v) is 2.84. The number of hydrogen-bond donors (Lipinski definition) is 2. The van der Waals surface area contributed by atoms with E-state index in [2.05, 4.69) is 25.5 Å². The van der Waals surface area contributed by atoms with Gasteiger partial charge in [0.2, 0.25) is 5.95 Å². The molecule has 0 radical (unpaired) electrons. The van der Waals surface area contributed by atoms with Gasteiger partial charge in [-0.2, -0.15) is 4.98 Å². The molecule has 2 N–H and O–H groups in total. The Morgan fingerprint density at radius 2 is 1.87 bits per heavy atom. The van der Waals surface area contributed by atoms with E-state index in [1.165, 1.54) is 6.07 Å². The SMILES string of the molecule is CN(C)CCCNc1nc(Nc2ccc(F)cc2[N+](=O)[O-])cc(-c2ccccc2)n1. The molecule has 0 aliphatic rings. The summed E-state index contributed by atoms with van der Waals surface area (Å²) < 4.78 is 13.5. The van der Waals surface area contributed by atoms with Crippen molar-refractivity contribution in [1.29, 1.82) is 0 Å². The van der Waals surface area contributed by atoms with Gasteiger partial charge >= 0.3 is 0 Å². The second-order valence-electron chi connectivity index (χ2n) is 6.96. The van der Waals surface area contributed by atoms with Gasteiger partial charge in [-0.25, -0.2) is 9.37 Å². The summed E-state index contributed by atoms with van der Waals surface area (Å²) in [6.07, 6.45) is 0.901. The number of rotatable bonds is 9. The first-order chi connectivity index (χ1) is 14.4. The highest BCUT2D eigenvalue weighted by molar-refractivity contribution is 5.71. The fraction of sp³-hybridized carbons (Fsp3) is 0.238. The third-order valence-electron chi connectivity index (χ3n) is 4.28. The van der Waals surface area contributed by atoms with Crippen molar-refractivity contribution in [3.63, 3.8) is 0 Å². The molecule has 1 aromatic heterocycles. The van der Waals surface area contributed by atoms with Crippen molar-refractivity contribution in [2.24, 2.45) is 0 Å². The quantitative estimate of drug-likeness (QED) is 0.308. The van der Waals surface area contributed by atoms with Gasteiger partial charge in [-0.15, -0.1) is 0 Å². The van der Waals surface area contributed by atoms with E-state index in [0.717, 1.165) is 30.7 Å². The van der Waals surface area contributed by atoms with Gasteiger partial charge < -0.3 is 15.5 Å². The van der Waals surface area contributed by atoms with Crippen LogP contribution in [-0.4, -0.2) is 47.0 Å². The van der Waals surface area contributed by atoms with Gasteiger partial charge in [0.15, 0.2) is 0 Å². The van der Waals surface area contributed by atoms with Crippen molar-refractivity contribution in [1.82, 2.24) is 14.9 Å². The lowest BCUT2D eigenvalue weighted by Gasteiger charge is -2.13. The molecule has 0 amide bonds. The smallest absolute Gasteiger partial charge is 0.295 e. The summed E-state index contributed by atoms with van der Waals surface area (Å²) >= 11 is 0. The topological polar surface area (TPSA) is 96.2 Å². The molecule has 0 unspecified atom stereocenters. The third-order valence-corrected chi connectivity index (χ3v) is 4.28. The number of anilines is 3. The number of nitro groups is 1. The maximum absolute atomic E-state index is 13.5. The van der Waals surface area contributed by atoms with Gasteiger partial charge in [-0.3, -0.25) is 10.1 Å². The van der Waals surface area contributed by atoms with Crippen LogP contribution in [0.2, 0.25) is 0 Å². The van der Waals surface area contributed by atoms with E-state index < -0.39 is 10.7 Å². The van der Waals surface area contributed by atoms with Crippen molar-refractivity contribution in [2.45, 2.75) is 6.42 Å². The minimum atomic E-state index is -0.678. The first-order valence-corrected chi connectivity index (χ1v) is 9.46. The summed E-state index contributed by atoms with van der Waals surface area (Å²) in [5.74, 6) is 0.0965.